The van der Waals surface area contributed by atoms with Crippen molar-refractivity contribution in [3.8, 4) is 0 Å². The molecule has 174 valence electrons. The van der Waals surface area contributed by atoms with Gasteiger partial charge in [0.25, 0.3) is 5.91 Å². The van der Waals surface area contributed by atoms with Gasteiger partial charge in [-0.05, 0) is 39.2 Å². The molecule has 1 aliphatic heterocycles. The third kappa shape index (κ3) is 5.38. The first-order chi connectivity index (χ1) is 15.1. The summed E-state index contributed by atoms with van der Waals surface area (Å²) in [6.45, 7) is 7.46. The molecular formula is C23H31N3O5S. The number of aryl methyl sites for hydroxylation is 1. The molecular weight excluding hydrogens is 430 g/mol. The molecule has 0 unspecified atom stereocenters. The number of carbonyl (C=O) groups is 2. The molecule has 1 fully saturated rings. The average Bonchev–Trinajstić information content (AvgIpc) is 3.24. The monoisotopic (exact) mass is 461 g/mol. The Hall–Kier alpha value is -2.68. The second-order valence-electron chi connectivity index (χ2n) is 8.38. The predicted molar refractivity (Wildman–Crippen MR) is 121 cm³/mol. The van der Waals surface area contributed by atoms with Crippen LogP contribution >= 0.6 is 0 Å². The highest BCUT2D eigenvalue weighted by atomic mass is 32.2. The molecule has 2 heterocycles. The number of esters is 1. The average molecular weight is 462 g/mol. The van der Waals surface area contributed by atoms with Crippen LogP contribution in [0.15, 0.2) is 30.3 Å². The molecule has 0 N–H and O–H groups in total. The Morgan fingerprint density at radius 3 is 2.53 bits per heavy atom. The fourth-order valence-electron chi connectivity index (χ4n) is 4.18. The lowest BCUT2D eigenvalue weighted by Crippen LogP contribution is -2.48. The van der Waals surface area contributed by atoms with E-state index >= 15 is 0 Å². The van der Waals surface area contributed by atoms with Crippen LogP contribution in [0, 0.1) is 13.8 Å². The molecule has 0 aliphatic carbocycles. The fraction of sp³-hybridized carbons (Fsp3) is 0.522. The second kappa shape index (κ2) is 9.85. The number of hydrogen-bond donors (Lipinski definition) is 0. The Labute approximate surface area is 189 Å². The third-order valence-electron chi connectivity index (χ3n) is 6.04. The van der Waals surface area contributed by atoms with E-state index in [1.807, 2.05) is 44.2 Å². The van der Waals surface area contributed by atoms with Gasteiger partial charge in [-0.25, -0.2) is 13.2 Å². The quantitative estimate of drug-likeness (QED) is 0.560. The first-order valence-electron chi connectivity index (χ1n) is 10.9. The molecule has 1 saturated heterocycles. The third-order valence-corrected chi connectivity index (χ3v) is 7.79. The Kier molecular flexibility index (Phi) is 7.38. The fourth-order valence-corrected chi connectivity index (χ4v) is 5.89. The molecule has 1 aromatic heterocycles. The Bertz CT molecular complexity index is 1080. The van der Waals surface area contributed by atoms with E-state index in [-0.39, 0.29) is 29.5 Å². The molecule has 0 radical (unpaired) electrons. The summed E-state index contributed by atoms with van der Waals surface area (Å²) >= 11 is 0. The molecule has 1 amide bonds. The second-order valence-corrected chi connectivity index (χ2v) is 10.6. The first-order valence-corrected chi connectivity index (χ1v) is 12.7. The maximum atomic E-state index is 12.9. The van der Waals surface area contributed by atoms with Crippen LogP contribution in [0.3, 0.4) is 0 Å². The van der Waals surface area contributed by atoms with E-state index < -0.39 is 22.4 Å². The van der Waals surface area contributed by atoms with Crippen molar-refractivity contribution in [3.63, 3.8) is 0 Å². The van der Waals surface area contributed by atoms with Gasteiger partial charge in [-0.2, -0.15) is 5.10 Å². The Balaban J connectivity index is 1.69. The van der Waals surface area contributed by atoms with E-state index in [0.29, 0.717) is 36.3 Å². The van der Waals surface area contributed by atoms with Crippen LogP contribution in [0.4, 0.5) is 0 Å². The number of aromatic nitrogens is 2. The minimum absolute atomic E-state index is 0.0402. The van der Waals surface area contributed by atoms with Crippen molar-refractivity contribution in [1.29, 1.82) is 0 Å². The smallest absolute Gasteiger partial charge is 0.342 e. The molecule has 9 heteroatoms. The number of benzene rings is 1. The molecule has 2 atom stereocenters. The lowest BCUT2D eigenvalue weighted by molar-refractivity contribution is -0.138. The van der Waals surface area contributed by atoms with Gasteiger partial charge < -0.3 is 9.64 Å². The molecule has 0 bridgehead atoms. The normalized spacial score (nSPS) is 18.3. The molecule has 32 heavy (non-hydrogen) atoms. The van der Waals surface area contributed by atoms with Crippen molar-refractivity contribution < 1.29 is 22.7 Å². The number of amides is 1. The number of nitrogens with zero attached hydrogens (tertiary/aromatic N) is 3. The van der Waals surface area contributed by atoms with Gasteiger partial charge in [-0.3, -0.25) is 9.48 Å². The van der Waals surface area contributed by atoms with Crippen LogP contribution in [0.1, 0.15) is 54.0 Å². The zero-order valence-corrected chi connectivity index (χ0v) is 19.9. The van der Waals surface area contributed by atoms with Crippen LogP contribution in [0.25, 0.3) is 0 Å². The van der Waals surface area contributed by atoms with Gasteiger partial charge in [0.2, 0.25) is 0 Å². The Morgan fingerprint density at radius 2 is 1.94 bits per heavy atom. The van der Waals surface area contributed by atoms with Crippen LogP contribution in [-0.2, 0) is 25.9 Å². The van der Waals surface area contributed by atoms with Crippen LogP contribution < -0.4 is 0 Å². The van der Waals surface area contributed by atoms with E-state index in [0.717, 1.165) is 5.56 Å². The molecule has 1 aliphatic rings. The van der Waals surface area contributed by atoms with E-state index in [4.69, 9.17) is 4.74 Å². The van der Waals surface area contributed by atoms with E-state index in [9.17, 15) is 18.0 Å². The molecule has 3 rings (SSSR count). The minimum atomic E-state index is -3.14. The lowest BCUT2D eigenvalue weighted by atomic mass is 10.1. The Morgan fingerprint density at radius 1 is 1.25 bits per heavy atom. The van der Waals surface area contributed by atoms with Gasteiger partial charge in [0, 0.05) is 12.1 Å². The van der Waals surface area contributed by atoms with Crippen molar-refractivity contribution >= 4 is 21.7 Å². The van der Waals surface area contributed by atoms with Gasteiger partial charge in [0.05, 0.1) is 29.4 Å². The largest absolute Gasteiger partial charge is 0.452 e. The van der Waals surface area contributed by atoms with Crippen LogP contribution in [0.2, 0.25) is 0 Å². The van der Waals surface area contributed by atoms with Crippen molar-refractivity contribution in [2.45, 2.75) is 59.2 Å². The maximum Gasteiger partial charge on any atom is 0.342 e. The maximum absolute atomic E-state index is 12.9. The summed E-state index contributed by atoms with van der Waals surface area (Å²) in [4.78, 5) is 27.3. The zero-order chi connectivity index (χ0) is 23.5. The van der Waals surface area contributed by atoms with Gasteiger partial charge in [-0.1, -0.05) is 37.3 Å². The molecule has 0 spiro atoms. The predicted octanol–water partition coefficient (Wildman–Crippen LogP) is 2.52. The number of hydrogen-bond acceptors (Lipinski definition) is 6. The van der Waals surface area contributed by atoms with E-state index in [1.54, 1.807) is 23.4 Å². The molecule has 0 saturated carbocycles. The van der Waals surface area contributed by atoms with Gasteiger partial charge in [-0.15, -0.1) is 0 Å². The SMILES string of the molecule is CC[C@@H](C)N(C(=O)COC(=O)c1c(C)nn(Cc2ccccc2)c1C)[C@@H]1CCS(=O)(=O)C1. The van der Waals surface area contributed by atoms with Gasteiger partial charge in [0.15, 0.2) is 16.4 Å². The lowest BCUT2D eigenvalue weighted by Gasteiger charge is -2.33. The van der Waals surface area contributed by atoms with Crippen LogP contribution in [0.5, 0.6) is 0 Å². The summed E-state index contributed by atoms with van der Waals surface area (Å²) in [5.74, 6) is -0.935. The summed E-state index contributed by atoms with van der Waals surface area (Å²) in [6.07, 6.45) is 1.09. The highest BCUT2D eigenvalue weighted by Crippen LogP contribution is 2.22. The highest BCUT2D eigenvalue weighted by molar-refractivity contribution is 7.91. The summed E-state index contributed by atoms with van der Waals surface area (Å²) in [7, 11) is -3.14. The number of rotatable bonds is 8. The zero-order valence-electron chi connectivity index (χ0n) is 19.1. The minimum Gasteiger partial charge on any atom is -0.452 e. The van der Waals surface area contributed by atoms with Crippen molar-refractivity contribution in [1.82, 2.24) is 14.7 Å². The summed E-state index contributed by atoms with van der Waals surface area (Å²) in [6, 6.07) is 9.28. The van der Waals surface area contributed by atoms with E-state index in [2.05, 4.69) is 5.10 Å². The van der Waals surface area contributed by atoms with Crippen molar-refractivity contribution in [3.05, 3.63) is 52.8 Å². The summed E-state index contributed by atoms with van der Waals surface area (Å²) < 4.78 is 30.9. The van der Waals surface area contributed by atoms with Crippen LogP contribution in [-0.4, -0.2) is 65.2 Å². The summed E-state index contributed by atoms with van der Waals surface area (Å²) in [5.41, 5.74) is 2.62. The van der Waals surface area contributed by atoms with E-state index in [1.165, 1.54) is 0 Å². The standard InChI is InChI=1S/C23H31N3O5S/c1-5-16(2)26(20-11-12-32(29,30)15-20)21(27)14-31-23(28)22-17(3)24-25(18(22)4)13-19-9-7-6-8-10-19/h6-10,16,20H,5,11-15H2,1-4H3/t16-,20-/m1/s1. The number of ether oxygens (including phenoxy) is 1. The highest BCUT2D eigenvalue weighted by Gasteiger charge is 2.37. The van der Waals surface area contributed by atoms with Crippen molar-refractivity contribution in [2.75, 3.05) is 18.1 Å². The number of carbonyl (C=O) groups excluding carboxylic acids is 2. The molecule has 2 aromatic rings. The topological polar surface area (TPSA) is 98.6 Å². The van der Waals surface area contributed by atoms with Gasteiger partial charge in [0.1, 0.15) is 5.56 Å². The van der Waals surface area contributed by atoms with Crippen molar-refractivity contribution in [2.24, 2.45) is 0 Å². The van der Waals surface area contributed by atoms with Gasteiger partial charge >= 0.3 is 5.97 Å². The molecule has 1 aromatic carbocycles. The molecule has 8 nitrogen and oxygen atoms in total. The number of sulfone groups is 1. The first kappa shape index (κ1) is 24.0. The summed E-state index contributed by atoms with van der Waals surface area (Å²) in [5, 5.41) is 4.46.